The minimum atomic E-state index is -4.67. The molecule has 2 rings (SSSR count). The van der Waals surface area contributed by atoms with Gasteiger partial charge in [0.05, 0.1) is 29.5 Å². The number of benzene rings is 1. The Morgan fingerprint density at radius 3 is 2.62 bits per heavy atom. The number of nitrogens with zero attached hydrogens (tertiary/aromatic N) is 1. The van der Waals surface area contributed by atoms with Gasteiger partial charge in [0.1, 0.15) is 0 Å². The molecule has 0 unspecified atom stereocenters. The lowest BCUT2D eigenvalue weighted by Gasteiger charge is -2.26. The number of morpholine rings is 1. The molecule has 0 aromatic heterocycles. The minimum Gasteiger partial charge on any atom is -0.397 e. The third kappa shape index (κ3) is 4.99. The number of nitrogens with one attached hydrogen (secondary N) is 1. The molecule has 1 saturated heterocycles. The minimum absolute atomic E-state index is 0.159. The standard InChI is InChI=1S/C15H19ClF3N3O2/c16-12-9-10(8-11(13(12)20)15(17,18)19)14(23)21-2-1-3-22-4-6-24-7-5-22/h8-9H,1-7,20H2,(H,21,23). The second-order valence-corrected chi connectivity index (χ2v) is 5.89. The van der Waals surface area contributed by atoms with E-state index in [4.69, 9.17) is 22.1 Å². The molecule has 0 spiro atoms. The van der Waals surface area contributed by atoms with Crippen LogP contribution in [0.1, 0.15) is 22.3 Å². The maximum atomic E-state index is 12.9. The third-order valence-corrected chi connectivity index (χ3v) is 4.05. The molecule has 1 amide bonds. The quantitative estimate of drug-likeness (QED) is 0.621. The van der Waals surface area contributed by atoms with Gasteiger partial charge < -0.3 is 15.8 Å². The molecule has 5 nitrogen and oxygen atoms in total. The fourth-order valence-electron chi connectivity index (χ4n) is 2.41. The Morgan fingerprint density at radius 2 is 2.00 bits per heavy atom. The zero-order valence-corrected chi connectivity index (χ0v) is 13.7. The van der Waals surface area contributed by atoms with Crippen LogP contribution in [0.2, 0.25) is 5.02 Å². The number of carbonyl (C=O) groups excluding carboxylic acids is 1. The molecular formula is C15H19ClF3N3O2. The lowest BCUT2D eigenvalue weighted by Crippen LogP contribution is -2.38. The molecule has 0 atom stereocenters. The molecule has 1 aromatic rings. The van der Waals surface area contributed by atoms with Crippen LogP contribution in [-0.4, -0.2) is 50.2 Å². The van der Waals surface area contributed by atoms with Crippen molar-refractivity contribution in [3.05, 3.63) is 28.3 Å². The highest BCUT2D eigenvalue weighted by molar-refractivity contribution is 6.33. The van der Waals surface area contributed by atoms with Crippen molar-refractivity contribution in [2.45, 2.75) is 12.6 Å². The van der Waals surface area contributed by atoms with Crippen LogP contribution in [0.25, 0.3) is 0 Å². The van der Waals surface area contributed by atoms with Crippen molar-refractivity contribution in [1.29, 1.82) is 0 Å². The summed E-state index contributed by atoms with van der Waals surface area (Å²) < 4.78 is 43.9. The zero-order chi connectivity index (χ0) is 17.7. The van der Waals surface area contributed by atoms with Crippen LogP contribution in [0.4, 0.5) is 18.9 Å². The average Bonchev–Trinajstić information content (AvgIpc) is 2.53. The van der Waals surface area contributed by atoms with Crippen LogP contribution in [0.5, 0.6) is 0 Å². The SMILES string of the molecule is Nc1c(Cl)cc(C(=O)NCCCN2CCOCC2)cc1C(F)(F)F. The van der Waals surface area contributed by atoms with E-state index in [1.165, 1.54) is 0 Å². The number of hydrogen-bond donors (Lipinski definition) is 2. The van der Waals surface area contributed by atoms with Gasteiger partial charge in [-0.3, -0.25) is 9.69 Å². The van der Waals surface area contributed by atoms with Crippen LogP contribution < -0.4 is 11.1 Å². The molecule has 1 aromatic carbocycles. The van der Waals surface area contributed by atoms with Gasteiger partial charge in [-0.2, -0.15) is 13.2 Å². The molecule has 3 N–H and O–H groups in total. The summed E-state index contributed by atoms with van der Waals surface area (Å²) in [6.45, 7) is 4.22. The topological polar surface area (TPSA) is 67.6 Å². The van der Waals surface area contributed by atoms with Gasteiger partial charge in [-0.05, 0) is 25.1 Å². The van der Waals surface area contributed by atoms with E-state index in [-0.39, 0.29) is 10.6 Å². The lowest BCUT2D eigenvalue weighted by atomic mass is 10.1. The highest BCUT2D eigenvalue weighted by Crippen LogP contribution is 2.37. The van der Waals surface area contributed by atoms with Gasteiger partial charge in [0.25, 0.3) is 5.91 Å². The number of halogens is 4. The summed E-state index contributed by atoms with van der Waals surface area (Å²) in [5.41, 5.74) is 3.50. The van der Waals surface area contributed by atoms with Crippen molar-refractivity contribution >= 4 is 23.2 Å². The first-order chi connectivity index (χ1) is 11.3. The van der Waals surface area contributed by atoms with Crippen molar-refractivity contribution in [2.24, 2.45) is 0 Å². The number of nitrogens with two attached hydrogens (primary N) is 1. The second kappa shape index (κ2) is 8.04. The Morgan fingerprint density at radius 1 is 1.33 bits per heavy atom. The number of ether oxygens (including phenoxy) is 1. The Hall–Kier alpha value is -1.51. The molecule has 1 aliphatic rings. The number of hydrogen-bond acceptors (Lipinski definition) is 4. The molecule has 1 aliphatic heterocycles. The van der Waals surface area contributed by atoms with Gasteiger partial charge in [-0.1, -0.05) is 11.6 Å². The molecule has 1 heterocycles. The molecule has 134 valence electrons. The molecule has 0 aliphatic carbocycles. The number of rotatable bonds is 5. The van der Waals surface area contributed by atoms with Crippen molar-refractivity contribution in [3.8, 4) is 0 Å². The number of anilines is 1. The largest absolute Gasteiger partial charge is 0.418 e. The highest BCUT2D eigenvalue weighted by Gasteiger charge is 2.34. The predicted molar refractivity (Wildman–Crippen MR) is 85.1 cm³/mol. The van der Waals surface area contributed by atoms with Gasteiger partial charge in [-0.25, -0.2) is 0 Å². The van der Waals surface area contributed by atoms with E-state index in [2.05, 4.69) is 10.2 Å². The summed E-state index contributed by atoms with van der Waals surface area (Å²) in [6.07, 6.45) is -3.97. The predicted octanol–water partition coefficient (Wildman–Crippen LogP) is 2.39. The Kier molecular flexibility index (Phi) is 6.31. The maximum Gasteiger partial charge on any atom is 0.418 e. The molecule has 24 heavy (non-hydrogen) atoms. The number of alkyl halides is 3. The maximum absolute atomic E-state index is 12.9. The van der Waals surface area contributed by atoms with E-state index in [1.54, 1.807) is 0 Å². The average molecular weight is 366 g/mol. The molecule has 9 heteroatoms. The van der Waals surface area contributed by atoms with Crippen molar-refractivity contribution < 1.29 is 22.7 Å². The van der Waals surface area contributed by atoms with Gasteiger partial charge in [0.2, 0.25) is 0 Å². The molecule has 0 radical (unpaired) electrons. The van der Waals surface area contributed by atoms with E-state index in [0.29, 0.717) is 26.2 Å². The summed E-state index contributed by atoms with van der Waals surface area (Å²) in [5, 5.41) is 2.31. The lowest BCUT2D eigenvalue weighted by molar-refractivity contribution is -0.136. The summed E-state index contributed by atoms with van der Waals surface area (Å²) in [7, 11) is 0. The van der Waals surface area contributed by atoms with Crippen molar-refractivity contribution in [1.82, 2.24) is 10.2 Å². The summed E-state index contributed by atoms with van der Waals surface area (Å²) >= 11 is 5.71. The van der Waals surface area contributed by atoms with Gasteiger partial charge in [-0.15, -0.1) is 0 Å². The second-order valence-electron chi connectivity index (χ2n) is 5.48. The molecule has 1 fully saturated rings. The van der Waals surface area contributed by atoms with E-state index in [9.17, 15) is 18.0 Å². The van der Waals surface area contributed by atoms with Crippen LogP contribution in [0.3, 0.4) is 0 Å². The van der Waals surface area contributed by atoms with E-state index >= 15 is 0 Å². The van der Waals surface area contributed by atoms with Crippen LogP contribution >= 0.6 is 11.6 Å². The zero-order valence-electron chi connectivity index (χ0n) is 13.0. The smallest absolute Gasteiger partial charge is 0.397 e. The van der Waals surface area contributed by atoms with Crippen molar-refractivity contribution in [2.75, 3.05) is 45.1 Å². The summed E-state index contributed by atoms with van der Waals surface area (Å²) in [6, 6.07) is 1.86. The van der Waals surface area contributed by atoms with Gasteiger partial charge in [0, 0.05) is 25.2 Å². The Bertz CT molecular complexity index is 590. The summed E-state index contributed by atoms with van der Waals surface area (Å²) in [5.74, 6) is -0.607. The highest BCUT2D eigenvalue weighted by atomic mass is 35.5. The van der Waals surface area contributed by atoms with Crippen LogP contribution in [0, 0.1) is 0 Å². The first-order valence-corrected chi connectivity index (χ1v) is 7.91. The Labute approximate surface area is 142 Å². The van der Waals surface area contributed by atoms with E-state index < -0.39 is 23.3 Å². The fourth-order valence-corrected chi connectivity index (χ4v) is 2.63. The van der Waals surface area contributed by atoms with Crippen molar-refractivity contribution in [3.63, 3.8) is 0 Å². The Balaban J connectivity index is 1.91. The van der Waals surface area contributed by atoms with Crippen LogP contribution in [0.15, 0.2) is 12.1 Å². The molecule has 0 saturated carbocycles. The van der Waals surface area contributed by atoms with E-state index in [0.717, 1.165) is 31.8 Å². The van der Waals surface area contributed by atoms with Crippen LogP contribution in [-0.2, 0) is 10.9 Å². The fraction of sp³-hybridized carbons (Fsp3) is 0.533. The number of nitrogen functional groups attached to an aromatic ring is 1. The monoisotopic (exact) mass is 365 g/mol. The van der Waals surface area contributed by atoms with Gasteiger partial charge in [0.15, 0.2) is 0 Å². The third-order valence-electron chi connectivity index (χ3n) is 3.74. The number of carbonyl (C=O) groups is 1. The summed E-state index contributed by atoms with van der Waals surface area (Å²) in [4.78, 5) is 14.2. The first-order valence-electron chi connectivity index (χ1n) is 7.53. The normalized spacial score (nSPS) is 16.2. The molecular weight excluding hydrogens is 347 g/mol. The first kappa shape index (κ1) is 18.8. The van der Waals surface area contributed by atoms with Gasteiger partial charge >= 0.3 is 6.18 Å². The van der Waals surface area contributed by atoms with E-state index in [1.807, 2.05) is 0 Å². The molecule has 0 bridgehead atoms. The number of amides is 1.